The third kappa shape index (κ3) is 3.54. The van der Waals surface area contributed by atoms with Gasteiger partial charge in [0.05, 0.1) is 22.5 Å². The number of aromatic nitrogens is 1. The van der Waals surface area contributed by atoms with Crippen molar-refractivity contribution in [1.82, 2.24) is 4.98 Å². The number of halogens is 1. The summed E-state index contributed by atoms with van der Waals surface area (Å²) in [6.07, 6.45) is 3.12. The summed E-state index contributed by atoms with van der Waals surface area (Å²) < 4.78 is 28.5. The van der Waals surface area contributed by atoms with Crippen molar-refractivity contribution in [3.63, 3.8) is 0 Å². The SMILES string of the molecule is Cc1ccc(Br)cc1S(=O)(=O)Nc1cnccc1N(C)C. The molecule has 0 aliphatic carbocycles. The van der Waals surface area contributed by atoms with Crippen molar-refractivity contribution in [2.45, 2.75) is 11.8 Å². The topological polar surface area (TPSA) is 62.3 Å². The average molecular weight is 370 g/mol. The van der Waals surface area contributed by atoms with Gasteiger partial charge in [0.2, 0.25) is 0 Å². The Morgan fingerprint density at radius 1 is 1.24 bits per heavy atom. The monoisotopic (exact) mass is 369 g/mol. The summed E-state index contributed by atoms with van der Waals surface area (Å²) in [5.74, 6) is 0. The molecule has 0 radical (unpaired) electrons. The molecule has 21 heavy (non-hydrogen) atoms. The van der Waals surface area contributed by atoms with Crippen LogP contribution in [0.3, 0.4) is 0 Å². The number of nitrogens with zero attached hydrogens (tertiary/aromatic N) is 2. The van der Waals surface area contributed by atoms with E-state index in [1.54, 1.807) is 31.3 Å². The van der Waals surface area contributed by atoms with Crippen LogP contribution >= 0.6 is 15.9 Å². The van der Waals surface area contributed by atoms with E-state index >= 15 is 0 Å². The summed E-state index contributed by atoms with van der Waals surface area (Å²) in [6.45, 7) is 1.76. The van der Waals surface area contributed by atoms with Crippen LogP contribution in [0, 0.1) is 6.92 Å². The molecule has 0 fully saturated rings. The largest absolute Gasteiger partial charge is 0.376 e. The lowest BCUT2D eigenvalue weighted by molar-refractivity contribution is 0.600. The van der Waals surface area contributed by atoms with Crippen LogP contribution < -0.4 is 9.62 Å². The second-order valence-corrected chi connectivity index (χ2v) is 7.37. The third-order valence-corrected chi connectivity index (χ3v) is 4.96. The van der Waals surface area contributed by atoms with Crippen LogP contribution in [0.25, 0.3) is 0 Å². The first-order valence-corrected chi connectivity index (χ1v) is 8.49. The van der Waals surface area contributed by atoms with E-state index in [0.29, 0.717) is 15.7 Å². The van der Waals surface area contributed by atoms with E-state index in [1.165, 1.54) is 6.20 Å². The van der Waals surface area contributed by atoms with Crippen molar-refractivity contribution in [1.29, 1.82) is 0 Å². The molecule has 7 heteroatoms. The van der Waals surface area contributed by atoms with E-state index in [1.807, 2.05) is 25.1 Å². The fraction of sp³-hybridized carbons (Fsp3) is 0.214. The Morgan fingerprint density at radius 3 is 2.62 bits per heavy atom. The fourth-order valence-corrected chi connectivity index (χ4v) is 3.76. The molecule has 1 N–H and O–H groups in total. The Kier molecular flexibility index (Phi) is 4.53. The number of anilines is 2. The van der Waals surface area contributed by atoms with Crippen molar-refractivity contribution in [2.24, 2.45) is 0 Å². The summed E-state index contributed by atoms with van der Waals surface area (Å²) >= 11 is 3.30. The summed E-state index contributed by atoms with van der Waals surface area (Å²) in [6, 6.07) is 6.91. The molecule has 0 aliphatic heterocycles. The van der Waals surface area contributed by atoms with Gasteiger partial charge in [0.25, 0.3) is 10.0 Å². The molecule has 0 atom stereocenters. The van der Waals surface area contributed by atoms with E-state index in [-0.39, 0.29) is 4.90 Å². The number of hydrogen-bond acceptors (Lipinski definition) is 4. The lowest BCUT2D eigenvalue weighted by Gasteiger charge is -2.18. The Balaban J connectivity index is 2.45. The molecule has 0 saturated carbocycles. The first-order valence-electron chi connectivity index (χ1n) is 6.21. The van der Waals surface area contributed by atoms with Crippen LogP contribution in [-0.4, -0.2) is 27.5 Å². The Labute approximate surface area is 133 Å². The summed E-state index contributed by atoms with van der Waals surface area (Å²) in [4.78, 5) is 6.05. The van der Waals surface area contributed by atoms with Gasteiger partial charge in [-0.15, -0.1) is 0 Å². The first-order chi connectivity index (χ1) is 9.81. The van der Waals surface area contributed by atoms with Crippen LogP contribution in [0.5, 0.6) is 0 Å². The number of rotatable bonds is 4. The summed E-state index contributed by atoms with van der Waals surface area (Å²) in [7, 11) is 0.0203. The van der Waals surface area contributed by atoms with Crippen LogP contribution in [0.2, 0.25) is 0 Å². The van der Waals surface area contributed by atoms with E-state index in [2.05, 4.69) is 25.6 Å². The number of aryl methyl sites for hydroxylation is 1. The minimum Gasteiger partial charge on any atom is -0.376 e. The number of sulfonamides is 1. The molecule has 0 bridgehead atoms. The third-order valence-electron chi connectivity index (χ3n) is 2.96. The van der Waals surface area contributed by atoms with Crippen molar-refractivity contribution >= 4 is 37.3 Å². The van der Waals surface area contributed by atoms with Gasteiger partial charge >= 0.3 is 0 Å². The quantitative estimate of drug-likeness (QED) is 0.899. The van der Waals surface area contributed by atoms with Crippen LogP contribution in [-0.2, 0) is 10.0 Å². The highest BCUT2D eigenvalue weighted by molar-refractivity contribution is 9.10. The zero-order valence-electron chi connectivity index (χ0n) is 12.0. The highest BCUT2D eigenvalue weighted by Crippen LogP contribution is 2.27. The molecular weight excluding hydrogens is 354 g/mol. The maximum atomic E-state index is 12.6. The average Bonchev–Trinajstić information content (AvgIpc) is 2.41. The van der Waals surface area contributed by atoms with Gasteiger partial charge in [-0.25, -0.2) is 8.42 Å². The van der Waals surface area contributed by atoms with Gasteiger partial charge in [-0.1, -0.05) is 22.0 Å². The fourth-order valence-electron chi connectivity index (χ4n) is 1.92. The van der Waals surface area contributed by atoms with Gasteiger partial charge in [0, 0.05) is 24.8 Å². The molecular formula is C14H16BrN3O2S. The van der Waals surface area contributed by atoms with Gasteiger partial charge in [0.1, 0.15) is 0 Å². The minimum atomic E-state index is -3.67. The molecule has 0 amide bonds. The predicted octanol–water partition coefficient (Wildman–Crippen LogP) is 3.02. The van der Waals surface area contributed by atoms with Gasteiger partial charge in [-0.2, -0.15) is 0 Å². The normalized spacial score (nSPS) is 11.2. The summed E-state index contributed by atoms with van der Waals surface area (Å²) in [5.41, 5.74) is 1.88. The van der Waals surface area contributed by atoms with E-state index < -0.39 is 10.0 Å². The number of hydrogen-bond donors (Lipinski definition) is 1. The zero-order valence-corrected chi connectivity index (χ0v) is 14.4. The molecule has 0 saturated heterocycles. The predicted molar refractivity (Wildman–Crippen MR) is 88.3 cm³/mol. The van der Waals surface area contributed by atoms with E-state index in [9.17, 15) is 8.42 Å². The second-order valence-electron chi connectivity index (χ2n) is 4.80. The van der Waals surface area contributed by atoms with Crippen molar-refractivity contribution in [3.05, 3.63) is 46.7 Å². The van der Waals surface area contributed by atoms with Gasteiger partial charge < -0.3 is 4.90 Å². The standard InChI is InChI=1S/C14H16BrN3O2S/c1-10-4-5-11(15)8-14(10)21(19,20)17-12-9-16-7-6-13(12)18(2)3/h4-9,17H,1-3H3. The Morgan fingerprint density at radius 2 is 1.95 bits per heavy atom. The molecule has 1 heterocycles. The Bertz CT molecular complexity index is 761. The van der Waals surface area contributed by atoms with E-state index in [4.69, 9.17) is 0 Å². The molecule has 112 valence electrons. The molecule has 0 unspecified atom stereocenters. The lowest BCUT2D eigenvalue weighted by Crippen LogP contribution is -2.18. The first kappa shape index (κ1) is 15.8. The molecule has 0 spiro atoms. The van der Waals surface area contributed by atoms with Crippen molar-refractivity contribution in [2.75, 3.05) is 23.7 Å². The molecule has 0 aliphatic rings. The van der Waals surface area contributed by atoms with Crippen LogP contribution in [0.4, 0.5) is 11.4 Å². The summed E-state index contributed by atoms with van der Waals surface area (Å²) in [5, 5.41) is 0. The highest BCUT2D eigenvalue weighted by atomic mass is 79.9. The highest BCUT2D eigenvalue weighted by Gasteiger charge is 2.19. The zero-order chi connectivity index (χ0) is 15.6. The number of pyridine rings is 1. The molecule has 5 nitrogen and oxygen atoms in total. The number of benzene rings is 1. The van der Waals surface area contributed by atoms with Gasteiger partial charge in [-0.05, 0) is 30.7 Å². The van der Waals surface area contributed by atoms with Gasteiger partial charge in [-0.3, -0.25) is 9.71 Å². The molecule has 2 aromatic rings. The Hall–Kier alpha value is -1.60. The van der Waals surface area contributed by atoms with Crippen molar-refractivity contribution < 1.29 is 8.42 Å². The maximum absolute atomic E-state index is 12.6. The van der Waals surface area contributed by atoms with Gasteiger partial charge in [0.15, 0.2) is 0 Å². The molecule has 2 rings (SSSR count). The smallest absolute Gasteiger partial charge is 0.262 e. The molecule has 1 aromatic heterocycles. The van der Waals surface area contributed by atoms with Crippen molar-refractivity contribution in [3.8, 4) is 0 Å². The second kappa shape index (κ2) is 6.03. The minimum absolute atomic E-state index is 0.241. The molecule has 1 aromatic carbocycles. The van der Waals surface area contributed by atoms with Crippen LogP contribution in [0.15, 0.2) is 46.0 Å². The maximum Gasteiger partial charge on any atom is 0.262 e. The number of nitrogens with one attached hydrogen (secondary N) is 1. The lowest BCUT2D eigenvalue weighted by atomic mass is 10.2. The van der Waals surface area contributed by atoms with E-state index in [0.717, 1.165) is 5.69 Å². The van der Waals surface area contributed by atoms with Crippen LogP contribution in [0.1, 0.15) is 5.56 Å².